The highest BCUT2D eigenvalue weighted by molar-refractivity contribution is 7.62. The van der Waals surface area contributed by atoms with Gasteiger partial charge < -0.3 is 14.5 Å². The predicted molar refractivity (Wildman–Crippen MR) is 319 cm³/mol. The molecule has 1 aliphatic rings. The van der Waals surface area contributed by atoms with Crippen molar-refractivity contribution >= 4 is 62.3 Å². The number of hydrogen-bond donors (Lipinski definition) is 0. The van der Waals surface area contributed by atoms with Crippen molar-refractivity contribution in [1.82, 2.24) is 9.55 Å². The lowest BCUT2D eigenvalue weighted by Gasteiger charge is -2.31. The highest BCUT2D eigenvalue weighted by Gasteiger charge is 2.34. The van der Waals surface area contributed by atoms with Gasteiger partial charge in [-0.15, -0.1) is 7.53 Å². The zero-order chi connectivity index (χ0) is 52.4. The minimum absolute atomic E-state index is 0.0197. The molecule has 6 heteroatoms. The summed E-state index contributed by atoms with van der Waals surface area (Å²) in [6.45, 7) is 35.6. The molecule has 0 spiro atoms. The second kappa shape index (κ2) is 17.4. The maximum absolute atomic E-state index is 7.15. The first-order valence-corrected chi connectivity index (χ1v) is 27.9. The molecule has 74 heavy (non-hydrogen) atoms. The third kappa shape index (κ3) is 8.65. The molecule has 1 unspecified atom stereocenters. The van der Waals surface area contributed by atoms with Gasteiger partial charge in [0.05, 0.1) is 28.1 Å². The maximum Gasteiger partial charge on any atom is 0.137 e. The molecular weight excluding hydrogens is 920 g/mol. The summed E-state index contributed by atoms with van der Waals surface area (Å²) in [5, 5.41) is 5.55. The Labute approximate surface area is 441 Å². The van der Waals surface area contributed by atoms with Crippen LogP contribution in [0.15, 0.2) is 158 Å². The van der Waals surface area contributed by atoms with Crippen molar-refractivity contribution in [2.24, 2.45) is 0 Å². The molecule has 376 valence electrons. The number of aromatic nitrogens is 2. The summed E-state index contributed by atoms with van der Waals surface area (Å²) in [5.41, 5.74) is 16.9. The number of rotatable bonds is 7. The van der Waals surface area contributed by atoms with Crippen molar-refractivity contribution in [2.45, 2.75) is 131 Å². The molecule has 0 aliphatic carbocycles. The highest BCUT2D eigenvalue weighted by atomic mass is 31.1. The highest BCUT2D eigenvalue weighted by Crippen LogP contribution is 2.62. The van der Waals surface area contributed by atoms with Crippen molar-refractivity contribution < 1.29 is 4.74 Å². The third-order valence-corrected chi connectivity index (χ3v) is 18.3. The number of para-hydroxylation sites is 2. The lowest BCUT2D eigenvalue weighted by molar-refractivity contribution is 0.484. The molecular formula is C68H73N4OP. The topological polar surface area (TPSA) is 33.5 Å². The third-order valence-electron chi connectivity index (χ3n) is 15.2. The van der Waals surface area contributed by atoms with E-state index in [0.29, 0.717) is 6.67 Å². The summed E-state index contributed by atoms with van der Waals surface area (Å²) in [4.78, 5) is 10.1. The van der Waals surface area contributed by atoms with Gasteiger partial charge in [-0.05, 0) is 116 Å². The van der Waals surface area contributed by atoms with Crippen LogP contribution in [0.4, 0.5) is 22.7 Å². The number of pyridine rings is 1. The second-order valence-electron chi connectivity index (χ2n) is 25.9. The first-order valence-electron chi connectivity index (χ1n) is 26.6. The largest absolute Gasteiger partial charge is 0.457 e. The van der Waals surface area contributed by atoms with Gasteiger partial charge in [-0.2, -0.15) is 0 Å². The quantitative estimate of drug-likeness (QED) is 0.159. The van der Waals surface area contributed by atoms with E-state index in [0.717, 1.165) is 34.2 Å². The van der Waals surface area contributed by atoms with Crippen LogP contribution in [0.5, 0.6) is 11.5 Å². The van der Waals surface area contributed by atoms with E-state index in [9.17, 15) is 0 Å². The van der Waals surface area contributed by atoms with Crippen molar-refractivity contribution in [3.8, 4) is 39.6 Å². The smallest absolute Gasteiger partial charge is 0.137 e. The van der Waals surface area contributed by atoms with Gasteiger partial charge in [0.25, 0.3) is 0 Å². The Balaban J connectivity index is 1.06. The van der Waals surface area contributed by atoms with E-state index in [4.69, 9.17) is 9.72 Å². The molecule has 1 aliphatic heterocycles. The maximum atomic E-state index is 7.15. The zero-order valence-electron chi connectivity index (χ0n) is 46.4. The van der Waals surface area contributed by atoms with E-state index >= 15 is 0 Å². The average molecular weight is 993 g/mol. The van der Waals surface area contributed by atoms with Gasteiger partial charge in [0.2, 0.25) is 0 Å². The van der Waals surface area contributed by atoms with E-state index in [2.05, 4.69) is 270 Å². The fraction of sp³-hybridized carbons (Fsp3) is 0.309. The summed E-state index contributed by atoms with van der Waals surface area (Å²) in [7, 11) is -0.671. The zero-order valence-corrected chi connectivity index (χ0v) is 47.3. The van der Waals surface area contributed by atoms with E-state index < -0.39 is 7.53 Å². The number of benzene rings is 7. The van der Waals surface area contributed by atoms with Gasteiger partial charge in [-0.3, -0.25) is 4.57 Å². The van der Waals surface area contributed by atoms with Crippen LogP contribution in [-0.4, -0.2) is 16.2 Å². The van der Waals surface area contributed by atoms with E-state index in [-0.39, 0.29) is 26.8 Å². The predicted octanol–water partition coefficient (Wildman–Crippen LogP) is 20.1. The summed E-state index contributed by atoms with van der Waals surface area (Å²) >= 11 is 0. The Hall–Kier alpha value is -6.81. The van der Waals surface area contributed by atoms with Crippen molar-refractivity contribution in [3.05, 3.63) is 180 Å². The van der Waals surface area contributed by atoms with Crippen molar-refractivity contribution in [2.75, 3.05) is 16.5 Å². The van der Waals surface area contributed by atoms with Gasteiger partial charge in [0.1, 0.15) is 24.0 Å². The normalized spacial score (nSPS) is 14.0. The average Bonchev–Trinajstić information content (AvgIpc) is 4.02. The first-order chi connectivity index (χ1) is 34.8. The van der Waals surface area contributed by atoms with E-state index in [1.807, 2.05) is 6.20 Å². The molecule has 0 saturated carbocycles. The van der Waals surface area contributed by atoms with E-state index in [1.54, 1.807) is 0 Å². The van der Waals surface area contributed by atoms with Crippen molar-refractivity contribution in [3.63, 3.8) is 0 Å². The molecule has 10 aromatic rings. The van der Waals surface area contributed by atoms with Crippen LogP contribution in [0.25, 0.3) is 60.1 Å². The summed E-state index contributed by atoms with van der Waals surface area (Å²) in [6.07, 6.45) is 1.97. The van der Waals surface area contributed by atoms with Gasteiger partial charge in [-0.1, -0.05) is 183 Å². The SMILES string of the molecule is CC(C)(C)c1cc(-c2cc(C(C)(C)C)cc(-c3ccccc3)c2N2CN(c3cccc(Oc4cc5c6c7c(cccc7p(C(C)(C)C)c6c4)n5-c4cc(C(C)(C)C)ccn4)c3)c3ccccc32)cc(C(C)(C)C)c1. The molecule has 0 saturated heterocycles. The number of nitrogens with zero attached hydrogens (tertiary/aromatic N) is 4. The molecule has 5 nitrogen and oxygen atoms in total. The number of anilines is 4. The standard InChI is InChI=1S/C68H73N4OP/c1-64(2,3)45-31-32-69-60(38-45)72-56-29-22-30-58-61(56)62-57(72)40-51(41-59(62)74(58)68(13,14)15)73-50-26-21-25-49(39-50)70-42-71(55-28-20-19-27-54(55)70)63-52(43-23-17-16-18-24-43)36-48(67(10,11)12)37-53(63)44-33-46(65(4,5)6)35-47(34-44)66(7,8)9/h16-41H,42H2,1-15H3. The first kappa shape index (κ1) is 49.4. The fourth-order valence-corrected chi connectivity index (χ4v) is 14.3. The van der Waals surface area contributed by atoms with Crippen LogP contribution in [0.3, 0.4) is 0 Å². The lowest BCUT2D eigenvalue weighted by atomic mass is 9.77. The van der Waals surface area contributed by atoms with Gasteiger partial charge >= 0.3 is 0 Å². The molecule has 1 atom stereocenters. The van der Waals surface area contributed by atoms with Crippen LogP contribution in [0, 0.1) is 0 Å². The van der Waals surface area contributed by atoms with Gasteiger partial charge in [0.15, 0.2) is 0 Å². The van der Waals surface area contributed by atoms with Crippen LogP contribution < -0.4 is 14.5 Å². The second-order valence-corrected chi connectivity index (χ2v) is 28.9. The molecule has 0 N–H and O–H groups in total. The molecule has 4 heterocycles. The molecule has 0 amide bonds. The van der Waals surface area contributed by atoms with Crippen LogP contribution in [0.2, 0.25) is 0 Å². The fourth-order valence-electron chi connectivity index (χ4n) is 11.2. The lowest BCUT2D eigenvalue weighted by Crippen LogP contribution is -2.25. The Kier molecular flexibility index (Phi) is 11.6. The Bertz CT molecular complexity index is 3730. The minimum Gasteiger partial charge on any atom is -0.457 e. The van der Waals surface area contributed by atoms with E-state index in [1.165, 1.54) is 82.4 Å². The Morgan fingerprint density at radius 1 is 0.446 bits per heavy atom. The van der Waals surface area contributed by atoms with Crippen molar-refractivity contribution in [1.29, 1.82) is 0 Å². The van der Waals surface area contributed by atoms with Crippen LogP contribution in [-0.2, 0) is 26.8 Å². The van der Waals surface area contributed by atoms with Crippen LogP contribution >= 0.6 is 7.53 Å². The van der Waals surface area contributed by atoms with Crippen LogP contribution in [0.1, 0.15) is 126 Å². The van der Waals surface area contributed by atoms with Gasteiger partial charge in [-0.25, -0.2) is 4.98 Å². The molecule has 7 aromatic carbocycles. The Morgan fingerprint density at radius 3 is 1.66 bits per heavy atom. The minimum atomic E-state index is -0.671. The summed E-state index contributed by atoms with van der Waals surface area (Å²) < 4.78 is 9.52. The molecule has 0 radical (unpaired) electrons. The monoisotopic (exact) mass is 993 g/mol. The molecule has 3 aromatic heterocycles. The number of ether oxygens (including phenoxy) is 1. The Morgan fingerprint density at radius 2 is 1.03 bits per heavy atom. The van der Waals surface area contributed by atoms with Gasteiger partial charge in [0, 0.05) is 61.3 Å². The summed E-state index contributed by atoms with van der Waals surface area (Å²) in [6, 6.07) is 56.8. The number of hydrogen-bond acceptors (Lipinski definition) is 4. The summed E-state index contributed by atoms with van der Waals surface area (Å²) in [5.74, 6) is 2.57. The molecule has 0 bridgehead atoms. The molecule has 0 fully saturated rings. The number of fused-ring (bicyclic) bond motifs is 1. The molecule has 11 rings (SSSR count).